The SMILES string of the molecule is CC1[C@@H](OCc2ccccc2)C=C[C@H]1OCc1ccccc1. The summed E-state index contributed by atoms with van der Waals surface area (Å²) in [5, 5.41) is 0. The molecule has 0 radical (unpaired) electrons. The number of benzene rings is 2. The molecule has 2 aromatic carbocycles. The van der Waals surface area contributed by atoms with Crippen LogP contribution in [0.2, 0.25) is 0 Å². The van der Waals surface area contributed by atoms with Crippen LogP contribution in [-0.4, -0.2) is 12.2 Å². The summed E-state index contributed by atoms with van der Waals surface area (Å²) in [7, 11) is 0. The van der Waals surface area contributed by atoms with Crippen LogP contribution in [0.1, 0.15) is 18.1 Å². The highest BCUT2D eigenvalue weighted by molar-refractivity contribution is 5.16. The Morgan fingerprint density at radius 3 is 1.50 bits per heavy atom. The maximum atomic E-state index is 6.02. The van der Waals surface area contributed by atoms with E-state index in [0.717, 1.165) is 0 Å². The molecule has 22 heavy (non-hydrogen) atoms. The molecule has 0 spiro atoms. The molecule has 1 aliphatic rings. The average Bonchev–Trinajstić information content (AvgIpc) is 2.93. The maximum Gasteiger partial charge on any atom is 0.0814 e. The van der Waals surface area contributed by atoms with Crippen molar-refractivity contribution in [2.24, 2.45) is 5.92 Å². The molecule has 3 atom stereocenters. The molecule has 2 heteroatoms. The summed E-state index contributed by atoms with van der Waals surface area (Å²) in [6.07, 6.45) is 4.51. The second-order valence-electron chi connectivity index (χ2n) is 5.77. The van der Waals surface area contributed by atoms with Crippen LogP contribution >= 0.6 is 0 Å². The third-order valence-electron chi connectivity index (χ3n) is 4.10. The minimum Gasteiger partial charge on any atom is -0.369 e. The van der Waals surface area contributed by atoms with Gasteiger partial charge in [-0.3, -0.25) is 0 Å². The minimum atomic E-state index is 0.126. The van der Waals surface area contributed by atoms with Gasteiger partial charge in [-0.25, -0.2) is 0 Å². The van der Waals surface area contributed by atoms with Gasteiger partial charge in [-0.2, -0.15) is 0 Å². The fourth-order valence-corrected chi connectivity index (χ4v) is 2.70. The molecule has 0 heterocycles. The molecule has 0 fully saturated rings. The molecule has 0 bridgehead atoms. The lowest BCUT2D eigenvalue weighted by molar-refractivity contribution is -0.0194. The topological polar surface area (TPSA) is 18.5 Å². The van der Waals surface area contributed by atoms with E-state index in [-0.39, 0.29) is 12.2 Å². The van der Waals surface area contributed by atoms with Crippen molar-refractivity contribution in [1.82, 2.24) is 0 Å². The van der Waals surface area contributed by atoms with Gasteiger partial charge in [0.2, 0.25) is 0 Å². The van der Waals surface area contributed by atoms with Crippen LogP contribution in [0.4, 0.5) is 0 Å². The number of rotatable bonds is 6. The van der Waals surface area contributed by atoms with Crippen LogP contribution in [0, 0.1) is 5.92 Å². The van der Waals surface area contributed by atoms with E-state index >= 15 is 0 Å². The van der Waals surface area contributed by atoms with Crippen LogP contribution < -0.4 is 0 Å². The van der Waals surface area contributed by atoms with Gasteiger partial charge in [-0.05, 0) is 11.1 Å². The molecule has 0 aromatic heterocycles. The normalized spacial score (nSPS) is 23.8. The Hall–Kier alpha value is -1.90. The largest absolute Gasteiger partial charge is 0.369 e. The molecule has 114 valence electrons. The summed E-state index contributed by atoms with van der Waals surface area (Å²) in [6.45, 7) is 3.47. The Kier molecular flexibility index (Phi) is 5.04. The summed E-state index contributed by atoms with van der Waals surface area (Å²) in [4.78, 5) is 0. The van der Waals surface area contributed by atoms with E-state index in [1.54, 1.807) is 0 Å². The van der Waals surface area contributed by atoms with Crippen molar-refractivity contribution in [1.29, 1.82) is 0 Å². The third kappa shape index (κ3) is 3.85. The van der Waals surface area contributed by atoms with Gasteiger partial charge in [-0.1, -0.05) is 79.7 Å². The first-order valence-corrected chi connectivity index (χ1v) is 7.82. The average molecular weight is 294 g/mol. The number of hydrogen-bond donors (Lipinski definition) is 0. The second-order valence-corrected chi connectivity index (χ2v) is 5.77. The Labute approximate surface area is 132 Å². The number of hydrogen-bond acceptors (Lipinski definition) is 2. The smallest absolute Gasteiger partial charge is 0.0814 e. The van der Waals surface area contributed by atoms with Crippen molar-refractivity contribution in [3.8, 4) is 0 Å². The molecule has 3 rings (SSSR count). The van der Waals surface area contributed by atoms with Crippen LogP contribution in [0.25, 0.3) is 0 Å². The molecule has 0 saturated heterocycles. The highest BCUT2D eigenvalue weighted by Gasteiger charge is 2.29. The van der Waals surface area contributed by atoms with Gasteiger partial charge in [0.15, 0.2) is 0 Å². The van der Waals surface area contributed by atoms with Gasteiger partial charge < -0.3 is 9.47 Å². The van der Waals surface area contributed by atoms with Crippen LogP contribution in [0.5, 0.6) is 0 Å². The summed E-state index contributed by atoms with van der Waals surface area (Å²) in [6, 6.07) is 20.6. The van der Waals surface area contributed by atoms with Crippen molar-refractivity contribution >= 4 is 0 Å². The van der Waals surface area contributed by atoms with Gasteiger partial charge in [0.25, 0.3) is 0 Å². The predicted octanol–water partition coefficient (Wildman–Crippen LogP) is 4.36. The van der Waals surface area contributed by atoms with Gasteiger partial charge in [-0.15, -0.1) is 0 Å². The van der Waals surface area contributed by atoms with E-state index in [0.29, 0.717) is 19.1 Å². The fraction of sp³-hybridized carbons (Fsp3) is 0.300. The quantitative estimate of drug-likeness (QED) is 0.737. The molecule has 0 N–H and O–H groups in total. The van der Waals surface area contributed by atoms with Crippen LogP contribution in [0.15, 0.2) is 72.8 Å². The molecular formula is C20H22O2. The molecule has 2 aromatic rings. The summed E-state index contributed by atoms with van der Waals surface area (Å²) < 4.78 is 12.0. The third-order valence-corrected chi connectivity index (χ3v) is 4.10. The fourth-order valence-electron chi connectivity index (χ4n) is 2.70. The highest BCUT2D eigenvalue weighted by Crippen LogP contribution is 2.26. The zero-order chi connectivity index (χ0) is 15.2. The standard InChI is InChI=1S/C20H22O2/c1-16-19(21-14-17-8-4-2-5-9-17)12-13-20(16)22-15-18-10-6-3-7-11-18/h2-13,16,19-20H,14-15H2,1H3/t16?,19-,20+. The van der Waals surface area contributed by atoms with E-state index < -0.39 is 0 Å². The highest BCUT2D eigenvalue weighted by atomic mass is 16.5. The molecular weight excluding hydrogens is 272 g/mol. The minimum absolute atomic E-state index is 0.126. The molecule has 0 amide bonds. The van der Waals surface area contributed by atoms with Crippen molar-refractivity contribution in [3.05, 3.63) is 83.9 Å². The first-order valence-electron chi connectivity index (χ1n) is 7.82. The van der Waals surface area contributed by atoms with Gasteiger partial charge >= 0.3 is 0 Å². The number of ether oxygens (including phenoxy) is 2. The first kappa shape index (κ1) is 15.0. The first-order chi connectivity index (χ1) is 10.8. The van der Waals surface area contributed by atoms with E-state index in [4.69, 9.17) is 9.47 Å². The molecule has 2 nitrogen and oxygen atoms in total. The lowest BCUT2D eigenvalue weighted by Gasteiger charge is -2.22. The van der Waals surface area contributed by atoms with E-state index in [2.05, 4.69) is 43.3 Å². The van der Waals surface area contributed by atoms with E-state index in [9.17, 15) is 0 Å². The Bertz CT molecular complexity index is 538. The molecule has 0 saturated carbocycles. The summed E-state index contributed by atoms with van der Waals surface area (Å²) >= 11 is 0. The monoisotopic (exact) mass is 294 g/mol. The summed E-state index contributed by atoms with van der Waals surface area (Å²) in [5.74, 6) is 0.340. The van der Waals surface area contributed by atoms with Gasteiger partial charge in [0.05, 0.1) is 25.4 Å². The summed E-state index contributed by atoms with van der Waals surface area (Å²) in [5.41, 5.74) is 2.41. The Morgan fingerprint density at radius 2 is 1.09 bits per heavy atom. The second kappa shape index (κ2) is 7.39. The maximum absolute atomic E-state index is 6.02. The van der Waals surface area contributed by atoms with Gasteiger partial charge in [0.1, 0.15) is 0 Å². The zero-order valence-electron chi connectivity index (χ0n) is 12.9. The van der Waals surface area contributed by atoms with Gasteiger partial charge in [0, 0.05) is 5.92 Å². The molecule has 1 unspecified atom stereocenters. The van der Waals surface area contributed by atoms with Crippen LogP contribution in [0.3, 0.4) is 0 Å². The van der Waals surface area contributed by atoms with Crippen LogP contribution in [-0.2, 0) is 22.7 Å². The zero-order valence-corrected chi connectivity index (χ0v) is 12.9. The molecule has 1 aliphatic carbocycles. The lowest BCUT2D eigenvalue weighted by Crippen LogP contribution is -2.25. The van der Waals surface area contributed by atoms with Crippen molar-refractivity contribution < 1.29 is 9.47 Å². The van der Waals surface area contributed by atoms with Crippen molar-refractivity contribution in [2.75, 3.05) is 0 Å². The van der Waals surface area contributed by atoms with Crippen molar-refractivity contribution in [3.63, 3.8) is 0 Å². The Morgan fingerprint density at radius 1 is 0.682 bits per heavy atom. The van der Waals surface area contributed by atoms with E-state index in [1.807, 2.05) is 36.4 Å². The molecule has 0 aliphatic heterocycles. The lowest BCUT2D eigenvalue weighted by atomic mass is 10.1. The predicted molar refractivity (Wildman–Crippen MR) is 88.3 cm³/mol. The van der Waals surface area contributed by atoms with E-state index in [1.165, 1.54) is 11.1 Å². The van der Waals surface area contributed by atoms with Crippen molar-refractivity contribution in [2.45, 2.75) is 32.3 Å². The Balaban J connectivity index is 1.48.